The van der Waals surface area contributed by atoms with Crippen molar-refractivity contribution in [1.29, 1.82) is 0 Å². The molecular formula is C29H21F7O2. The highest BCUT2D eigenvalue weighted by molar-refractivity contribution is 5.63. The molecule has 0 aliphatic heterocycles. The van der Waals surface area contributed by atoms with E-state index in [2.05, 4.69) is 4.74 Å². The van der Waals surface area contributed by atoms with Crippen LogP contribution in [0.3, 0.4) is 0 Å². The fourth-order valence-corrected chi connectivity index (χ4v) is 3.73. The zero-order valence-electron chi connectivity index (χ0n) is 20.0. The van der Waals surface area contributed by atoms with E-state index in [1.807, 2.05) is 6.92 Å². The molecule has 0 aromatic heterocycles. The number of aryl methyl sites for hydroxylation is 1. The monoisotopic (exact) mass is 534 g/mol. The molecule has 0 amide bonds. The molecule has 0 atom stereocenters. The van der Waals surface area contributed by atoms with Gasteiger partial charge in [-0.3, -0.25) is 0 Å². The lowest BCUT2D eigenvalue weighted by atomic mass is 10.0. The molecule has 0 N–H and O–H groups in total. The Morgan fingerprint density at radius 1 is 0.632 bits per heavy atom. The lowest BCUT2D eigenvalue weighted by Crippen LogP contribution is -2.22. The summed E-state index contributed by atoms with van der Waals surface area (Å²) >= 11 is 0. The summed E-state index contributed by atoms with van der Waals surface area (Å²) in [5.41, 5.74) is 1.32. The largest absolute Gasteiger partial charge is 0.486 e. The number of hydrogen-bond acceptors (Lipinski definition) is 2. The molecule has 4 rings (SSSR count). The lowest BCUT2D eigenvalue weighted by molar-refractivity contribution is -0.187. The standard InChI is InChI=1S/C29H21F7O2/c1-2-3-17-6-10-21(11-7-17)29(35,36)38-25-13-12-24(27(33)28(25)34)37-16-18-4-8-19(9-5-18)20-14-22(30)26(32)23(31)15-20/h4-15H,2-3,16H2,1H3. The highest BCUT2D eigenvalue weighted by Gasteiger charge is 2.36. The summed E-state index contributed by atoms with van der Waals surface area (Å²) in [7, 11) is 0. The Morgan fingerprint density at radius 2 is 1.18 bits per heavy atom. The minimum absolute atomic E-state index is 0.103. The quantitative estimate of drug-likeness (QED) is 0.158. The Hall–Kier alpha value is -4.01. The molecular weight excluding hydrogens is 513 g/mol. The molecule has 0 saturated carbocycles. The molecule has 4 aromatic rings. The summed E-state index contributed by atoms with van der Waals surface area (Å²) in [5, 5.41) is 0. The molecule has 198 valence electrons. The van der Waals surface area contributed by atoms with Crippen molar-refractivity contribution < 1.29 is 40.2 Å². The Kier molecular flexibility index (Phi) is 7.94. The molecule has 2 nitrogen and oxygen atoms in total. The van der Waals surface area contributed by atoms with Crippen LogP contribution < -0.4 is 9.47 Å². The second-order valence-electron chi connectivity index (χ2n) is 8.50. The summed E-state index contributed by atoms with van der Waals surface area (Å²) in [4.78, 5) is 0. The van der Waals surface area contributed by atoms with Crippen molar-refractivity contribution in [1.82, 2.24) is 0 Å². The van der Waals surface area contributed by atoms with Crippen molar-refractivity contribution in [3.8, 4) is 22.6 Å². The van der Waals surface area contributed by atoms with Gasteiger partial charge in [0.25, 0.3) is 0 Å². The average molecular weight is 534 g/mol. The van der Waals surface area contributed by atoms with E-state index in [1.54, 1.807) is 0 Å². The lowest BCUT2D eigenvalue weighted by Gasteiger charge is -2.19. The van der Waals surface area contributed by atoms with Crippen LogP contribution in [0, 0.1) is 29.1 Å². The molecule has 0 aliphatic rings. The molecule has 0 bridgehead atoms. The third kappa shape index (κ3) is 5.93. The van der Waals surface area contributed by atoms with E-state index in [0.29, 0.717) is 17.5 Å². The number of rotatable bonds is 9. The highest BCUT2D eigenvalue weighted by atomic mass is 19.3. The SMILES string of the molecule is CCCc1ccc(C(F)(F)Oc2ccc(OCc3ccc(-c4cc(F)c(F)c(F)c4)cc3)c(F)c2F)cc1. The van der Waals surface area contributed by atoms with Crippen LogP contribution in [-0.2, 0) is 19.1 Å². The van der Waals surface area contributed by atoms with Gasteiger partial charge in [0.15, 0.2) is 29.0 Å². The van der Waals surface area contributed by atoms with Gasteiger partial charge in [-0.2, -0.15) is 17.6 Å². The first-order valence-electron chi connectivity index (χ1n) is 11.6. The van der Waals surface area contributed by atoms with E-state index in [-0.39, 0.29) is 12.2 Å². The maximum Gasteiger partial charge on any atom is 0.426 e. The van der Waals surface area contributed by atoms with E-state index in [0.717, 1.165) is 36.2 Å². The summed E-state index contributed by atoms with van der Waals surface area (Å²) in [6, 6.07) is 14.9. The van der Waals surface area contributed by atoms with Crippen LogP contribution in [-0.4, -0.2) is 0 Å². The van der Waals surface area contributed by atoms with Gasteiger partial charge in [0.05, 0.1) is 5.56 Å². The number of benzene rings is 4. The third-order valence-electron chi connectivity index (χ3n) is 5.74. The van der Waals surface area contributed by atoms with Crippen LogP contribution in [0.4, 0.5) is 30.7 Å². The van der Waals surface area contributed by atoms with Crippen LogP contribution in [0.2, 0.25) is 0 Å². The maximum atomic E-state index is 14.6. The second-order valence-corrected chi connectivity index (χ2v) is 8.50. The van der Waals surface area contributed by atoms with Crippen molar-refractivity contribution in [2.45, 2.75) is 32.5 Å². The van der Waals surface area contributed by atoms with Gasteiger partial charge in [0.2, 0.25) is 11.6 Å². The van der Waals surface area contributed by atoms with Gasteiger partial charge in [0.1, 0.15) is 6.61 Å². The second kappa shape index (κ2) is 11.2. The minimum atomic E-state index is -3.90. The van der Waals surface area contributed by atoms with Gasteiger partial charge in [-0.25, -0.2) is 13.2 Å². The molecule has 38 heavy (non-hydrogen) atoms. The first kappa shape index (κ1) is 27.0. The maximum absolute atomic E-state index is 14.6. The van der Waals surface area contributed by atoms with Crippen molar-refractivity contribution >= 4 is 0 Å². The third-order valence-corrected chi connectivity index (χ3v) is 5.74. The molecule has 4 aromatic carbocycles. The van der Waals surface area contributed by atoms with E-state index in [1.165, 1.54) is 48.5 Å². The van der Waals surface area contributed by atoms with Gasteiger partial charge in [-0.05, 0) is 65.1 Å². The number of alkyl halides is 2. The Labute approximate surface area is 214 Å². The Bertz CT molecular complexity index is 1400. The van der Waals surface area contributed by atoms with Gasteiger partial charge in [0, 0.05) is 0 Å². The molecule has 0 heterocycles. The Balaban J connectivity index is 1.43. The average Bonchev–Trinajstić information content (AvgIpc) is 2.90. The van der Waals surface area contributed by atoms with Crippen LogP contribution in [0.1, 0.15) is 30.0 Å². The smallest absolute Gasteiger partial charge is 0.426 e. The Morgan fingerprint density at radius 3 is 1.79 bits per heavy atom. The molecule has 0 radical (unpaired) electrons. The highest BCUT2D eigenvalue weighted by Crippen LogP contribution is 2.36. The molecule has 0 spiro atoms. The fraction of sp³-hybridized carbons (Fsp3) is 0.172. The van der Waals surface area contributed by atoms with Gasteiger partial charge < -0.3 is 9.47 Å². The molecule has 9 heteroatoms. The summed E-state index contributed by atoms with van der Waals surface area (Å²) in [6.45, 7) is 1.72. The zero-order chi connectivity index (χ0) is 27.4. The van der Waals surface area contributed by atoms with Crippen LogP contribution in [0.15, 0.2) is 72.8 Å². The van der Waals surface area contributed by atoms with Crippen LogP contribution >= 0.6 is 0 Å². The number of hydrogen-bond donors (Lipinski definition) is 0. The summed E-state index contributed by atoms with van der Waals surface area (Å²) in [5.74, 6) is -8.91. The van der Waals surface area contributed by atoms with Crippen LogP contribution in [0.5, 0.6) is 11.5 Å². The summed E-state index contributed by atoms with van der Waals surface area (Å²) in [6.07, 6.45) is -2.35. The van der Waals surface area contributed by atoms with Gasteiger partial charge in [-0.15, -0.1) is 0 Å². The van der Waals surface area contributed by atoms with Crippen molar-refractivity contribution in [2.24, 2.45) is 0 Å². The van der Waals surface area contributed by atoms with Crippen molar-refractivity contribution in [3.05, 3.63) is 119 Å². The topological polar surface area (TPSA) is 18.5 Å². The van der Waals surface area contributed by atoms with E-state index >= 15 is 0 Å². The van der Waals surface area contributed by atoms with Crippen LogP contribution in [0.25, 0.3) is 11.1 Å². The molecule has 0 unspecified atom stereocenters. The molecule has 0 saturated heterocycles. The predicted molar refractivity (Wildman–Crippen MR) is 127 cm³/mol. The zero-order valence-corrected chi connectivity index (χ0v) is 20.0. The number of ether oxygens (including phenoxy) is 2. The van der Waals surface area contributed by atoms with Gasteiger partial charge >= 0.3 is 6.11 Å². The van der Waals surface area contributed by atoms with Crippen molar-refractivity contribution in [3.63, 3.8) is 0 Å². The van der Waals surface area contributed by atoms with E-state index < -0.39 is 52.3 Å². The normalized spacial score (nSPS) is 11.5. The number of halogens is 7. The first-order chi connectivity index (χ1) is 18.1. The predicted octanol–water partition coefficient (Wildman–Crippen LogP) is 8.71. The van der Waals surface area contributed by atoms with E-state index in [4.69, 9.17) is 4.74 Å². The van der Waals surface area contributed by atoms with Crippen molar-refractivity contribution in [2.75, 3.05) is 0 Å². The fourth-order valence-electron chi connectivity index (χ4n) is 3.73. The first-order valence-corrected chi connectivity index (χ1v) is 11.6. The van der Waals surface area contributed by atoms with E-state index in [9.17, 15) is 30.7 Å². The van der Waals surface area contributed by atoms with Gasteiger partial charge in [-0.1, -0.05) is 49.7 Å². The summed E-state index contributed by atoms with van der Waals surface area (Å²) < 4.78 is 108. The molecule has 0 aliphatic carbocycles. The molecule has 0 fully saturated rings. The minimum Gasteiger partial charge on any atom is -0.486 e.